The van der Waals surface area contributed by atoms with E-state index in [4.69, 9.17) is 9.47 Å². The summed E-state index contributed by atoms with van der Waals surface area (Å²) in [6.07, 6.45) is 0. The number of hydrogen-bond acceptors (Lipinski definition) is 4. The van der Waals surface area contributed by atoms with Crippen LogP contribution in [0, 0.1) is 0 Å². The zero-order valence-corrected chi connectivity index (χ0v) is 14.3. The van der Waals surface area contributed by atoms with Gasteiger partial charge < -0.3 is 9.47 Å². The van der Waals surface area contributed by atoms with E-state index in [0.717, 1.165) is 5.56 Å². The van der Waals surface area contributed by atoms with E-state index < -0.39 is 11.8 Å². The Morgan fingerprint density at radius 1 is 0.840 bits per heavy atom. The highest BCUT2D eigenvalue weighted by Gasteiger charge is 2.10. The number of benzene rings is 2. The molecule has 0 unspecified atom stereocenters. The van der Waals surface area contributed by atoms with Gasteiger partial charge in [-0.2, -0.15) is 0 Å². The molecule has 132 valence electrons. The topological polar surface area (TPSA) is 76.7 Å². The van der Waals surface area contributed by atoms with Gasteiger partial charge in [0.15, 0.2) is 13.2 Å². The molecule has 0 saturated carbocycles. The summed E-state index contributed by atoms with van der Waals surface area (Å²) in [6.45, 7) is 3.72. The molecule has 0 aliphatic heterocycles. The summed E-state index contributed by atoms with van der Waals surface area (Å²) in [5.41, 5.74) is 5.60. The molecule has 25 heavy (non-hydrogen) atoms. The first-order chi connectivity index (χ1) is 12.1. The van der Waals surface area contributed by atoms with Crippen molar-refractivity contribution in [1.29, 1.82) is 0 Å². The van der Waals surface area contributed by atoms with Gasteiger partial charge in [-0.25, -0.2) is 0 Å². The number of para-hydroxylation sites is 2. The van der Waals surface area contributed by atoms with Crippen LogP contribution in [0.2, 0.25) is 0 Å². The lowest BCUT2D eigenvalue weighted by molar-refractivity contribution is -0.131. The average Bonchev–Trinajstić information content (AvgIpc) is 2.64. The monoisotopic (exact) mass is 342 g/mol. The molecule has 0 atom stereocenters. The van der Waals surface area contributed by atoms with Gasteiger partial charge in [0.1, 0.15) is 11.5 Å². The molecule has 0 aromatic heterocycles. The minimum absolute atomic E-state index is 0.191. The smallest absolute Gasteiger partial charge is 0.276 e. The third kappa shape index (κ3) is 6.18. The number of carbonyl (C=O) groups excluding carboxylic acids is 2. The lowest BCUT2D eigenvalue weighted by Gasteiger charge is -2.14. The van der Waals surface area contributed by atoms with Crippen molar-refractivity contribution >= 4 is 11.8 Å². The first kappa shape index (κ1) is 18.3. The second-order valence-electron chi connectivity index (χ2n) is 5.68. The molecule has 6 nitrogen and oxygen atoms in total. The van der Waals surface area contributed by atoms with Crippen LogP contribution < -0.4 is 20.3 Å². The first-order valence-corrected chi connectivity index (χ1v) is 8.03. The van der Waals surface area contributed by atoms with Gasteiger partial charge in [0.2, 0.25) is 0 Å². The number of ether oxygens (including phenoxy) is 2. The lowest BCUT2D eigenvalue weighted by Crippen LogP contribution is -2.45. The maximum atomic E-state index is 11.8. The van der Waals surface area contributed by atoms with Gasteiger partial charge >= 0.3 is 0 Å². The molecular formula is C19H22N2O4. The van der Waals surface area contributed by atoms with Crippen LogP contribution in [0.4, 0.5) is 0 Å². The standard InChI is InChI=1S/C19H22N2O4/c1-14(2)16-10-6-7-11-17(16)25-13-19(23)21-20-18(22)12-24-15-8-4-3-5-9-15/h3-11,14H,12-13H2,1-2H3,(H,20,22)(H,21,23). The zero-order chi connectivity index (χ0) is 18.1. The van der Waals surface area contributed by atoms with Crippen LogP contribution in [0.15, 0.2) is 54.6 Å². The van der Waals surface area contributed by atoms with Crippen LogP contribution in [0.25, 0.3) is 0 Å². The van der Waals surface area contributed by atoms with Crippen molar-refractivity contribution in [3.05, 3.63) is 60.2 Å². The summed E-state index contributed by atoms with van der Waals surface area (Å²) in [6, 6.07) is 16.5. The molecule has 0 aliphatic carbocycles. The molecular weight excluding hydrogens is 320 g/mol. The minimum atomic E-state index is -0.459. The van der Waals surface area contributed by atoms with Gasteiger partial charge in [-0.05, 0) is 29.7 Å². The number of hydrazine groups is 1. The average molecular weight is 342 g/mol. The van der Waals surface area contributed by atoms with Crippen molar-refractivity contribution in [1.82, 2.24) is 10.9 Å². The summed E-state index contributed by atoms with van der Waals surface area (Å²) in [5, 5.41) is 0. The Morgan fingerprint density at radius 3 is 2.04 bits per heavy atom. The van der Waals surface area contributed by atoms with E-state index in [1.165, 1.54) is 0 Å². The second kappa shape index (κ2) is 9.32. The van der Waals surface area contributed by atoms with Crippen LogP contribution in [0.5, 0.6) is 11.5 Å². The summed E-state index contributed by atoms with van der Waals surface area (Å²) in [7, 11) is 0. The Morgan fingerprint density at radius 2 is 1.40 bits per heavy atom. The van der Waals surface area contributed by atoms with Gasteiger partial charge in [0, 0.05) is 0 Å². The van der Waals surface area contributed by atoms with Crippen molar-refractivity contribution in [3.8, 4) is 11.5 Å². The number of rotatable bonds is 7. The maximum Gasteiger partial charge on any atom is 0.276 e. The molecule has 0 spiro atoms. The first-order valence-electron chi connectivity index (χ1n) is 8.03. The normalized spacial score (nSPS) is 10.2. The molecule has 2 amide bonds. The van der Waals surface area contributed by atoms with Crippen LogP contribution in [0.3, 0.4) is 0 Å². The third-order valence-electron chi connectivity index (χ3n) is 3.35. The molecule has 0 fully saturated rings. The van der Waals surface area contributed by atoms with Gasteiger partial charge in [-0.15, -0.1) is 0 Å². The van der Waals surface area contributed by atoms with E-state index >= 15 is 0 Å². The van der Waals surface area contributed by atoms with E-state index in [-0.39, 0.29) is 19.1 Å². The molecule has 2 rings (SSSR count). The Labute approximate surface area is 147 Å². The van der Waals surface area contributed by atoms with Gasteiger partial charge in [-0.3, -0.25) is 20.4 Å². The second-order valence-corrected chi connectivity index (χ2v) is 5.68. The molecule has 0 bridgehead atoms. The number of carbonyl (C=O) groups is 2. The number of nitrogens with one attached hydrogen (secondary N) is 2. The van der Waals surface area contributed by atoms with Crippen molar-refractivity contribution in [2.45, 2.75) is 19.8 Å². The fourth-order valence-electron chi connectivity index (χ4n) is 2.11. The predicted molar refractivity (Wildman–Crippen MR) is 94.2 cm³/mol. The molecule has 0 saturated heterocycles. The highest BCUT2D eigenvalue weighted by Crippen LogP contribution is 2.25. The molecule has 2 N–H and O–H groups in total. The van der Waals surface area contributed by atoms with Crippen LogP contribution in [0.1, 0.15) is 25.3 Å². The largest absolute Gasteiger partial charge is 0.484 e. The van der Waals surface area contributed by atoms with E-state index in [9.17, 15) is 9.59 Å². The zero-order valence-electron chi connectivity index (χ0n) is 14.3. The van der Waals surface area contributed by atoms with E-state index in [0.29, 0.717) is 11.5 Å². The van der Waals surface area contributed by atoms with E-state index in [1.54, 1.807) is 24.3 Å². The van der Waals surface area contributed by atoms with Crippen molar-refractivity contribution in [3.63, 3.8) is 0 Å². The number of hydrogen-bond donors (Lipinski definition) is 2. The third-order valence-corrected chi connectivity index (χ3v) is 3.35. The Bertz CT molecular complexity index is 702. The highest BCUT2D eigenvalue weighted by atomic mass is 16.5. The molecule has 0 radical (unpaired) electrons. The van der Waals surface area contributed by atoms with E-state index in [1.807, 2.05) is 30.3 Å². The van der Waals surface area contributed by atoms with Crippen LogP contribution in [-0.2, 0) is 9.59 Å². The minimum Gasteiger partial charge on any atom is -0.484 e. The summed E-state index contributed by atoms with van der Waals surface area (Å²) < 4.78 is 10.8. The Kier molecular flexibility index (Phi) is 6.83. The van der Waals surface area contributed by atoms with Gasteiger partial charge in [0.05, 0.1) is 0 Å². The van der Waals surface area contributed by atoms with Gasteiger partial charge in [-0.1, -0.05) is 50.2 Å². The Hall–Kier alpha value is -3.02. The maximum absolute atomic E-state index is 11.8. The van der Waals surface area contributed by atoms with Crippen molar-refractivity contribution in [2.75, 3.05) is 13.2 Å². The molecule has 2 aromatic carbocycles. The molecule has 2 aromatic rings. The fraction of sp³-hybridized carbons (Fsp3) is 0.263. The van der Waals surface area contributed by atoms with Crippen molar-refractivity contribution < 1.29 is 19.1 Å². The SMILES string of the molecule is CC(C)c1ccccc1OCC(=O)NNC(=O)COc1ccccc1. The number of amides is 2. The molecule has 0 heterocycles. The Balaban J connectivity index is 1.71. The lowest BCUT2D eigenvalue weighted by atomic mass is 10.0. The summed E-state index contributed by atoms with van der Waals surface area (Å²) >= 11 is 0. The highest BCUT2D eigenvalue weighted by molar-refractivity contribution is 5.83. The van der Waals surface area contributed by atoms with Crippen molar-refractivity contribution in [2.24, 2.45) is 0 Å². The fourth-order valence-corrected chi connectivity index (χ4v) is 2.11. The van der Waals surface area contributed by atoms with E-state index in [2.05, 4.69) is 24.7 Å². The van der Waals surface area contributed by atoms with Crippen LogP contribution in [-0.4, -0.2) is 25.0 Å². The molecule has 6 heteroatoms. The van der Waals surface area contributed by atoms with Crippen LogP contribution >= 0.6 is 0 Å². The molecule has 0 aliphatic rings. The summed E-state index contributed by atoms with van der Waals surface area (Å²) in [5.74, 6) is 0.615. The summed E-state index contributed by atoms with van der Waals surface area (Å²) in [4.78, 5) is 23.4. The quantitative estimate of drug-likeness (QED) is 0.758. The van der Waals surface area contributed by atoms with Gasteiger partial charge in [0.25, 0.3) is 11.8 Å². The predicted octanol–water partition coefficient (Wildman–Crippen LogP) is 2.42.